The maximum absolute atomic E-state index is 11.8. The molecule has 1 aromatic rings. The molecule has 0 aliphatic heterocycles. The smallest absolute Gasteiger partial charge is 0.328 e. The van der Waals surface area contributed by atoms with Crippen molar-refractivity contribution in [3.05, 3.63) is 32.6 Å². The minimum absolute atomic E-state index is 0.0620. The summed E-state index contributed by atoms with van der Waals surface area (Å²) in [4.78, 5) is 46.8. The van der Waals surface area contributed by atoms with E-state index >= 15 is 0 Å². The number of H-pyrrole nitrogens is 1. The Morgan fingerprint density at radius 3 is 2.90 bits per heavy atom. The molecule has 0 spiro atoms. The molecular weight excluding hydrogens is 264 g/mol. The lowest BCUT2D eigenvalue weighted by Crippen LogP contribution is -2.33. The molecule has 1 fully saturated rings. The Labute approximate surface area is 114 Å². The molecule has 1 aromatic heterocycles. The number of esters is 1. The molecule has 0 bridgehead atoms. The summed E-state index contributed by atoms with van der Waals surface area (Å²) in [5.74, 6) is -0.125. The summed E-state index contributed by atoms with van der Waals surface area (Å²) in [6.45, 7) is 1.69. The highest BCUT2D eigenvalue weighted by Gasteiger charge is 2.27. The van der Waals surface area contributed by atoms with Crippen LogP contribution in [0.5, 0.6) is 0 Å². The number of aromatic amines is 1. The van der Waals surface area contributed by atoms with E-state index in [1.54, 1.807) is 0 Å². The van der Waals surface area contributed by atoms with Crippen LogP contribution in [0, 0.1) is 5.92 Å². The van der Waals surface area contributed by atoms with Crippen LogP contribution >= 0.6 is 0 Å². The molecule has 1 N–H and O–H groups in total. The van der Waals surface area contributed by atoms with Crippen LogP contribution in [0.25, 0.3) is 0 Å². The first-order chi connectivity index (χ1) is 9.51. The van der Waals surface area contributed by atoms with Crippen molar-refractivity contribution in [1.82, 2.24) is 9.55 Å². The van der Waals surface area contributed by atoms with Crippen LogP contribution in [0.4, 0.5) is 0 Å². The van der Waals surface area contributed by atoms with Crippen molar-refractivity contribution in [2.45, 2.75) is 32.2 Å². The summed E-state index contributed by atoms with van der Waals surface area (Å²) in [6.07, 6.45) is 3.99. The van der Waals surface area contributed by atoms with E-state index in [4.69, 9.17) is 4.74 Å². The average molecular weight is 280 g/mol. The van der Waals surface area contributed by atoms with E-state index in [2.05, 4.69) is 4.98 Å². The monoisotopic (exact) mass is 280 g/mol. The molecule has 1 aliphatic carbocycles. The Hall–Kier alpha value is -2.18. The Kier molecular flexibility index (Phi) is 4.16. The zero-order valence-corrected chi connectivity index (χ0v) is 11.1. The van der Waals surface area contributed by atoms with Gasteiger partial charge in [-0.3, -0.25) is 23.9 Å². The molecule has 1 heterocycles. The number of carbonyl (C=O) groups is 2. The molecule has 2 rings (SSSR count). The third kappa shape index (κ3) is 3.04. The predicted octanol–water partition coefficient (Wildman–Crippen LogP) is 0.253. The molecule has 1 saturated carbocycles. The first kappa shape index (κ1) is 14.2. The molecule has 0 radical (unpaired) electrons. The number of carbonyl (C=O) groups excluding carboxylic acids is 2. The lowest BCUT2D eigenvalue weighted by Gasteiger charge is -2.14. The highest BCUT2D eigenvalue weighted by molar-refractivity contribution is 5.73. The fourth-order valence-corrected chi connectivity index (χ4v) is 2.54. The van der Waals surface area contributed by atoms with Crippen molar-refractivity contribution in [2.75, 3.05) is 6.61 Å². The van der Waals surface area contributed by atoms with Crippen LogP contribution in [0.3, 0.4) is 0 Å². The Morgan fingerprint density at radius 1 is 1.50 bits per heavy atom. The van der Waals surface area contributed by atoms with Gasteiger partial charge >= 0.3 is 11.7 Å². The second-order valence-corrected chi connectivity index (χ2v) is 5.00. The van der Waals surface area contributed by atoms with Gasteiger partial charge in [0, 0.05) is 19.2 Å². The molecule has 108 valence electrons. The van der Waals surface area contributed by atoms with E-state index in [-0.39, 0.29) is 23.5 Å². The van der Waals surface area contributed by atoms with Gasteiger partial charge < -0.3 is 4.74 Å². The topological polar surface area (TPSA) is 98.2 Å². The van der Waals surface area contributed by atoms with Crippen molar-refractivity contribution in [3.63, 3.8) is 0 Å². The second-order valence-electron chi connectivity index (χ2n) is 5.00. The second kappa shape index (κ2) is 5.85. The number of aromatic nitrogens is 2. The maximum atomic E-state index is 11.8. The number of nitrogens with one attached hydrogen (secondary N) is 1. The zero-order chi connectivity index (χ0) is 14.7. The standard InChI is InChI=1S/C13H16N2O5/c1-8(17)20-7-9-2-3-11(4-9)15-5-10(6-16)12(18)14-13(15)19/h5-6,9,11H,2-4,7H2,1H3,(H,14,18,19)/t9-,11+/m1/s1. The van der Waals surface area contributed by atoms with E-state index in [1.807, 2.05) is 0 Å². The third-order valence-corrected chi connectivity index (χ3v) is 3.55. The largest absolute Gasteiger partial charge is 0.466 e. The fourth-order valence-electron chi connectivity index (χ4n) is 2.54. The summed E-state index contributed by atoms with van der Waals surface area (Å²) in [6, 6.07) is -0.0846. The lowest BCUT2D eigenvalue weighted by atomic mass is 10.1. The third-order valence-electron chi connectivity index (χ3n) is 3.55. The van der Waals surface area contributed by atoms with Crippen LogP contribution < -0.4 is 11.2 Å². The van der Waals surface area contributed by atoms with Crippen molar-refractivity contribution in [1.29, 1.82) is 0 Å². The van der Waals surface area contributed by atoms with Crippen molar-refractivity contribution in [2.24, 2.45) is 5.92 Å². The highest BCUT2D eigenvalue weighted by atomic mass is 16.5. The minimum atomic E-state index is -0.671. The van der Waals surface area contributed by atoms with Gasteiger partial charge in [-0.05, 0) is 25.2 Å². The van der Waals surface area contributed by atoms with E-state index in [0.717, 1.165) is 12.8 Å². The molecule has 7 nitrogen and oxygen atoms in total. The van der Waals surface area contributed by atoms with Gasteiger partial charge in [0.25, 0.3) is 5.56 Å². The molecule has 0 unspecified atom stereocenters. The average Bonchev–Trinajstić information content (AvgIpc) is 2.85. The van der Waals surface area contributed by atoms with Gasteiger partial charge in [0.15, 0.2) is 6.29 Å². The Bertz CT molecular complexity index is 630. The first-order valence-electron chi connectivity index (χ1n) is 6.45. The number of hydrogen-bond acceptors (Lipinski definition) is 5. The van der Waals surface area contributed by atoms with Crippen molar-refractivity contribution >= 4 is 12.3 Å². The van der Waals surface area contributed by atoms with Crippen LogP contribution in [-0.2, 0) is 9.53 Å². The summed E-state index contributed by atoms with van der Waals surface area (Å²) >= 11 is 0. The van der Waals surface area contributed by atoms with Gasteiger partial charge in [-0.25, -0.2) is 4.79 Å². The summed E-state index contributed by atoms with van der Waals surface area (Å²) in [7, 11) is 0. The Morgan fingerprint density at radius 2 is 2.25 bits per heavy atom. The summed E-state index contributed by atoms with van der Waals surface area (Å²) in [5.41, 5.74) is -1.25. The van der Waals surface area contributed by atoms with E-state index < -0.39 is 11.2 Å². The number of rotatable bonds is 4. The quantitative estimate of drug-likeness (QED) is 0.630. The normalized spacial score (nSPS) is 21.6. The van der Waals surface area contributed by atoms with E-state index in [9.17, 15) is 19.2 Å². The molecule has 7 heteroatoms. The minimum Gasteiger partial charge on any atom is -0.466 e. The van der Waals surface area contributed by atoms with Gasteiger partial charge in [0.2, 0.25) is 0 Å². The molecule has 2 atom stereocenters. The van der Waals surface area contributed by atoms with Gasteiger partial charge in [0.1, 0.15) is 0 Å². The first-order valence-corrected chi connectivity index (χ1v) is 6.45. The van der Waals surface area contributed by atoms with Crippen molar-refractivity contribution in [3.8, 4) is 0 Å². The summed E-state index contributed by atoms with van der Waals surface area (Å²) in [5, 5.41) is 0. The fraction of sp³-hybridized carbons (Fsp3) is 0.538. The summed E-state index contributed by atoms with van der Waals surface area (Å²) < 4.78 is 6.35. The lowest BCUT2D eigenvalue weighted by molar-refractivity contribution is -0.142. The van der Waals surface area contributed by atoms with E-state index in [0.29, 0.717) is 19.3 Å². The van der Waals surface area contributed by atoms with Crippen LogP contribution in [-0.4, -0.2) is 28.4 Å². The van der Waals surface area contributed by atoms with Crippen LogP contribution in [0.2, 0.25) is 0 Å². The molecular formula is C13H16N2O5. The Balaban J connectivity index is 2.14. The van der Waals surface area contributed by atoms with Crippen LogP contribution in [0.15, 0.2) is 15.8 Å². The van der Waals surface area contributed by atoms with Gasteiger partial charge in [-0.2, -0.15) is 0 Å². The highest BCUT2D eigenvalue weighted by Crippen LogP contribution is 2.33. The van der Waals surface area contributed by atoms with Crippen molar-refractivity contribution < 1.29 is 14.3 Å². The molecule has 20 heavy (non-hydrogen) atoms. The van der Waals surface area contributed by atoms with Gasteiger partial charge in [-0.1, -0.05) is 0 Å². The zero-order valence-electron chi connectivity index (χ0n) is 11.1. The number of ether oxygens (including phenoxy) is 1. The van der Waals surface area contributed by atoms with Crippen LogP contribution in [0.1, 0.15) is 42.6 Å². The number of aldehydes is 1. The number of hydrogen-bond donors (Lipinski definition) is 1. The molecule has 0 aromatic carbocycles. The molecule has 1 aliphatic rings. The van der Waals surface area contributed by atoms with E-state index in [1.165, 1.54) is 17.7 Å². The number of nitrogens with zero attached hydrogens (tertiary/aromatic N) is 1. The molecule has 0 saturated heterocycles. The predicted molar refractivity (Wildman–Crippen MR) is 69.7 cm³/mol. The van der Waals surface area contributed by atoms with Gasteiger partial charge in [0.05, 0.1) is 12.2 Å². The maximum Gasteiger partial charge on any atom is 0.328 e. The van der Waals surface area contributed by atoms with Gasteiger partial charge in [-0.15, -0.1) is 0 Å². The SMILES string of the molecule is CC(=O)OC[C@@H]1CC[C@H](n2cc(C=O)c(=O)[nH]c2=O)C1. The molecule has 0 amide bonds.